The van der Waals surface area contributed by atoms with Gasteiger partial charge in [0.2, 0.25) is 0 Å². The first-order valence-electron chi connectivity index (χ1n) is 8.40. The van der Waals surface area contributed by atoms with Crippen molar-refractivity contribution in [1.29, 1.82) is 0 Å². The van der Waals surface area contributed by atoms with E-state index in [0.29, 0.717) is 5.92 Å². The van der Waals surface area contributed by atoms with E-state index in [2.05, 4.69) is 60.7 Å². The van der Waals surface area contributed by atoms with Gasteiger partial charge in [-0.3, -0.25) is 4.99 Å². The molecule has 2 aliphatic heterocycles. The summed E-state index contributed by atoms with van der Waals surface area (Å²) >= 11 is 3.76. The average Bonchev–Trinajstić information content (AvgIpc) is 3.54. The summed E-state index contributed by atoms with van der Waals surface area (Å²) in [5, 5.41) is 0. The maximum absolute atomic E-state index is 5.94. The van der Waals surface area contributed by atoms with E-state index in [0.717, 1.165) is 24.5 Å². The van der Waals surface area contributed by atoms with E-state index in [4.69, 9.17) is 9.73 Å². The molecule has 24 heavy (non-hydrogen) atoms. The molecule has 1 saturated heterocycles. The Morgan fingerprint density at radius 2 is 1.79 bits per heavy atom. The molecule has 2 spiro atoms. The Bertz CT molecular complexity index is 773. The summed E-state index contributed by atoms with van der Waals surface area (Å²) in [6.07, 6.45) is 1.13. The van der Waals surface area contributed by atoms with Gasteiger partial charge in [0.25, 0.3) is 0 Å². The molecule has 3 aliphatic rings. The molecule has 0 aromatic heterocycles. The Balaban J connectivity index is 1.38. The highest BCUT2D eigenvalue weighted by Gasteiger charge is 2.75. The summed E-state index contributed by atoms with van der Waals surface area (Å²) in [7, 11) is 0. The highest BCUT2D eigenvalue weighted by Crippen LogP contribution is 2.68. The third-order valence-electron chi connectivity index (χ3n) is 5.34. The maximum atomic E-state index is 5.94. The normalized spacial score (nSPS) is 33.5. The highest BCUT2D eigenvalue weighted by molar-refractivity contribution is 8.38. The number of epoxide rings is 1. The predicted molar refractivity (Wildman–Crippen MR) is 103 cm³/mol. The largest absolute Gasteiger partial charge is 0.366 e. The first-order valence-corrected chi connectivity index (χ1v) is 10.4. The molecular formula is C20H19NOS2. The Hall–Kier alpha value is -1.23. The fraction of sp³-hybridized carbons (Fsp3) is 0.350. The molecule has 2 fully saturated rings. The lowest BCUT2D eigenvalue weighted by atomic mass is 9.95. The van der Waals surface area contributed by atoms with E-state index in [-0.39, 0.29) is 11.1 Å². The van der Waals surface area contributed by atoms with E-state index in [9.17, 15) is 0 Å². The van der Waals surface area contributed by atoms with Gasteiger partial charge >= 0.3 is 0 Å². The lowest BCUT2D eigenvalue weighted by molar-refractivity contribution is 0.271. The topological polar surface area (TPSA) is 24.9 Å². The molecule has 5 rings (SSSR count). The number of rotatable bonds is 3. The molecule has 3 atom stereocenters. The van der Waals surface area contributed by atoms with Gasteiger partial charge in [-0.1, -0.05) is 84.2 Å². The van der Waals surface area contributed by atoms with Crippen molar-refractivity contribution in [2.75, 3.05) is 12.4 Å². The van der Waals surface area contributed by atoms with Gasteiger partial charge in [0.05, 0.1) is 6.61 Å². The number of ether oxygens (including phenoxy) is 1. The molecule has 4 heteroatoms. The SMILES string of the molecule is c1ccc(CSC2=N[C@]3(CC3c3ccccc3)[C@]3(CO3)CS2)cc1. The molecule has 2 nitrogen and oxygen atoms in total. The zero-order valence-corrected chi connectivity index (χ0v) is 15.0. The van der Waals surface area contributed by atoms with Crippen LogP contribution in [-0.4, -0.2) is 27.9 Å². The van der Waals surface area contributed by atoms with Gasteiger partial charge in [0.1, 0.15) is 15.5 Å². The van der Waals surface area contributed by atoms with Gasteiger partial charge in [0.15, 0.2) is 0 Å². The zero-order valence-electron chi connectivity index (χ0n) is 13.4. The van der Waals surface area contributed by atoms with Crippen LogP contribution in [0.15, 0.2) is 65.7 Å². The summed E-state index contributed by atoms with van der Waals surface area (Å²) in [6, 6.07) is 21.5. The fourth-order valence-corrected chi connectivity index (χ4v) is 6.17. The van der Waals surface area contributed by atoms with Crippen molar-refractivity contribution in [1.82, 2.24) is 0 Å². The highest BCUT2D eigenvalue weighted by atomic mass is 32.2. The van der Waals surface area contributed by atoms with Gasteiger partial charge in [0, 0.05) is 17.4 Å². The monoisotopic (exact) mass is 353 g/mol. The van der Waals surface area contributed by atoms with Crippen LogP contribution < -0.4 is 0 Å². The van der Waals surface area contributed by atoms with Gasteiger partial charge in [-0.25, -0.2) is 0 Å². The Morgan fingerprint density at radius 1 is 1.08 bits per heavy atom. The van der Waals surface area contributed by atoms with Crippen LogP contribution in [0.4, 0.5) is 0 Å². The predicted octanol–water partition coefficient (Wildman–Crippen LogP) is 4.72. The van der Waals surface area contributed by atoms with Crippen molar-refractivity contribution in [3.63, 3.8) is 0 Å². The minimum Gasteiger partial charge on any atom is -0.366 e. The number of hydrogen-bond donors (Lipinski definition) is 0. The van der Waals surface area contributed by atoms with Crippen LogP contribution >= 0.6 is 23.5 Å². The summed E-state index contributed by atoms with van der Waals surface area (Å²) in [6.45, 7) is 0.878. The van der Waals surface area contributed by atoms with E-state index < -0.39 is 0 Å². The zero-order chi connectivity index (χ0) is 16.0. The first-order chi connectivity index (χ1) is 11.8. The van der Waals surface area contributed by atoms with Crippen molar-refractivity contribution in [3.05, 3.63) is 71.8 Å². The molecule has 0 N–H and O–H groups in total. The van der Waals surface area contributed by atoms with Gasteiger partial charge in [-0.15, -0.1) is 0 Å². The summed E-state index contributed by atoms with van der Waals surface area (Å²) in [4.78, 5) is 5.23. The lowest BCUT2D eigenvalue weighted by Crippen LogP contribution is -2.38. The second-order valence-electron chi connectivity index (χ2n) is 6.82. The summed E-state index contributed by atoms with van der Waals surface area (Å²) in [5.41, 5.74) is 2.78. The maximum Gasteiger partial charge on any atom is 0.127 e. The van der Waals surface area contributed by atoms with Gasteiger partial charge in [-0.2, -0.15) is 0 Å². The molecule has 2 aromatic carbocycles. The van der Waals surface area contributed by atoms with Crippen LogP contribution in [0.5, 0.6) is 0 Å². The Labute approximate surface area is 151 Å². The Morgan fingerprint density at radius 3 is 2.50 bits per heavy atom. The van der Waals surface area contributed by atoms with Gasteiger partial charge < -0.3 is 4.74 Å². The molecule has 0 amide bonds. The van der Waals surface area contributed by atoms with Crippen LogP contribution in [0.2, 0.25) is 0 Å². The minimum absolute atomic E-state index is 0.00136. The van der Waals surface area contributed by atoms with E-state index >= 15 is 0 Å². The van der Waals surface area contributed by atoms with Crippen molar-refractivity contribution < 1.29 is 4.74 Å². The second-order valence-corrected chi connectivity index (χ2v) is 9.00. The quantitative estimate of drug-likeness (QED) is 0.747. The smallest absolute Gasteiger partial charge is 0.127 e. The summed E-state index contributed by atoms with van der Waals surface area (Å²) in [5.74, 6) is 2.57. The number of aliphatic imine (C=N–C) groups is 1. The van der Waals surface area contributed by atoms with E-state index in [1.807, 2.05) is 23.5 Å². The number of hydrogen-bond acceptors (Lipinski definition) is 4. The second kappa shape index (κ2) is 5.65. The number of fused-ring (bicyclic) bond motifs is 1. The molecule has 2 heterocycles. The third kappa shape index (κ3) is 2.43. The van der Waals surface area contributed by atoms with Crippen LogP contribution in [0.25, 0.3) is 0 Å². The third-order valence-corrected chi connectivity index (χ3v) is 7.81. The number of benzene rings is 2. The van der Waals surface area contributed by atoms with Crippen LogP contribution in [0.3, 0.4) is 0 Å². The molecule has 0 bridgehead atoms. The molecule has 122 valence electrons. The molecular weight excluding hydrogens is 334 g/mol. The standard InChI is InChI=1S/C20H19NOS2/c1-3-7-15(8-4-1)12-23-18-21-20(19(13-22-19)14-24-18)11-17(20)16-9-5-2-6-10-16/h1-10,17H,11-14H2/t17?,19-,20-/m0/s1. The van der Waals surface area contributed by atoms with Crippen molar-refractivity contribution >= 4 is 27.9 Å². The van der Waals surface area contributed by atoms with E-state index in [1.54, 1.807) is 0 Å². The first kappa shape index (κ1) is 15.1. The molecule has 1 unspecified atom stereocenters. The Kier molecular flexibility index (Phi) is 3.55. The molecule has 2 aromatic rings. The summed E-state index contributed by atoms with van der Waals surface area (Å²) < 4.78 is 7.18. The minimum atomic E-state index is -0.00136. The molecule has 0 radical (unpaired) electrons. The van der Waals surface area contributed by atoms with Crippen LogP contribution in [-0.2, 0) is 10.5 Å². The fourth-order valence-electron chi connectivity index (χ4n) is 3.77. The van der Waals surface area contributed by atoms with Crippen LogP contribution in [0.1, 0.15) is 23.5 Å². The number of thioether (sulfide) groups is 2. The molecule has 1 aliphatic carbocycles. The molecule has 1 saturated carbocycles. The van der Waals surface area contributed by atoms with Gasteiger partial charge in [-0.05, 0) is 17.5 Å². The van der Waals surface area contributed by atoms with Crippen molar-refractivity contribution in [2.24, 2.45) is 4.99 Å². The van der Waals surface area contributed by atoms with Crippen LogP contribution in [0, 0.1) is 0 Å². The van der Waals surface area contributed by atoms with Crippen molar-refractivity contribution in [3.8, 4) is 0 Å². The van der Waals surface area contributed by atoms with E-state index in [1.165, 1.54) is 15.5 Å². The number of nitrogens with zero attached hydrogens (tertiary/aromatic N) is 1. The average molecular weight is 354 g/mol. The van der Waals surface area contributed by atoms with Crippen molar-refractivity contribution in [2.45, 2.75) is 29.2 Å². The lowest BCUT2D eigenvalue weighted by Gasteiger charge is -2.27.